The molecule has 1 rings (SSSR count). The number of aliphatic carboxylic acids is 1. The van der Waals surface area contributed by atoms with E-state index < -0.39 is 29.4 Å². The fourth-order valence-electron chi connectivity index (χ4n) is 1.91. The third kappa shape index (κ3) is 6.58. The highest BCUT2D eigenvalue weighted by Crippen LogP contribution is 2.29. The summed E-state index contributed by atoms with van der Waals surface area (Å²) < 4.78 is 43.1. The molecule has 7 heteroatoms. The van der Waals surface area contributed by atoms with Crippen molar-refractivity contribution in [1.82, 2.24) is 4.90 Å². The van der Waals surface area contributed by atoms with E-state index in [2.05, 4.69) is 0 Å². The van der Waals surface area contributed by atoms with E-state index in [0.717, 1.165) is 12.1 Å². The first-order valence-corrected chi connectivity index (χ1v) is 7.13. The first kappa shape index (κ1) is 19.4. The van der Waals surface area contributed by atoms with Crippen LogP contribution in [0.5, 0.6) is 0 Å². The number of benzene rings is 1. The zero-order valence-corrected chi connectivity index (χ0v) is 13.6. The van der Waals surface area contributed by atoms with Gasteiger partial charge in [-0.25, -0.2) is 0 Å². The molecule has 0 bridgehead atoms. The molecule has 0 saturated heterocycles. The molecule has 130 valence electrons. The summed E-state index contributed by atoms with van der Waals surface area (Å²) in [6.07, 6.45) is -4.38. The minimum absolute atomic E-state index is 0.00400. The zero-order valence-electron chi connectivity index (χ0n) is 13.6. The SMILES string of the molecule is CN(Cc1ccc(C(F)(F)F)cc1)C(COC(C)(C)C)C(=O)O. The van der Waals surface area contributed by atoms with Crippen LogP contribution in [-0.2, 0) is 22.3 Å². The lowest BCUT2D eigenvalue weighted by atomic mass is 10.1. The van der Waals surface area contributed by atoms with Crippen LogP contribution in [0.2, 0.25) is 0 Å². The maximum Gasteiger partial charge on any atom is 0.416 e. The van der Waals surface area contributed by atoms with Gasteiger partial charge in [-0.15, -0.1) is 0 Å². The van der Waals surface area contributed by atoms with Gasteiger partial charge in [-0.05, 0) is 45.5 Å². The lowest BCUT2D eigenvalue weighted by Gasteiger charge is -2.28. The Balaban J connectivity index is 2.75. The van der Waals surface area contributed by atoms with Crippen LogP contribution in [0.25, 0.3) is 0 Å². The third-order valence-corrected chi connectivity index (χ3v) is 3.20. The molecule has 0 heterocycles. The molecule has 0 amide bonds. The number of carboxylic acids is 1. The summed E-state index contributed by atoms with van der Waals surface area (Å²) in [6.45, 7) is 5.67. The summed E-state index contributed by atoms with van der Waals surface area (Å²) in [7, 11) is 1.60. The number of hydrogen-bond acceptors (Lipinski definition) is 3. The van der Waals surface area contributed by atoms with Gasteiger partial charge in [0.25, 0.3) is 0 Å². The highest BCUT2D eigenvalue weighted by atomic mass is 19.4. The molecule has 23 heavy (non-hydrogen) atoms. The molecule has 1 aromatic carbocycles. The number of carbonyl (C=O) groups is 1. The molecule has 1 aromatic rings. The van der Waals surface area contributed by atoms with E-state index >= 15 is 0 Å². The first-order valence-electron chi connectivity index (χ1n) is 7.13. The molecule has 0 aliphatic rings. The molecular formula is C16H22F3NO3. The fourth-order valence-corrected chi connectivity index (χ4v) is 1.91. The Morgan fingerprint density at radius 3 is 2.13 bits per heavy atom. The van der Waals surface area contributed by atoms with Gasteiger partial charge in [0.1, 0.15) is 6.04 Å². The topological polar surface area (TPSA) is 49.8 Å². The normalized spacial score (nSPS) is 14.1. The van der Waals surface area contributed by atoms with E-state index in [1.165, 1.54) is 17.0 Å². The summed E-state index contributed by atoms with van der Waals surface area (Å²) in [4.78, 5) is 12.9. The maximum absolute atomic E-state index is 12.5. The smallest absolute Gasteiger partial charge is 0.416 e. The van der Waals surface area contributed by atoms with E-state index in [4.69, 9.17) is 4.74 Å². The number of nitrogens with zero attached hydrogens (tertiary/aromatic N) is 1. The van der Waals surface area contributed by atoms with Crippen molar-refractivity contribution in [3.05, 3.63) is 35.4 Å². The molecule has 0 aromatic heterocycles. The van der Waals surface area contributed by atoms with E-state index in [1.807, 2.05) is 20.8 Å². The number of ether oxygens (including phenoxy) is 1. The number of likely N-dealkylation sites (N-methyl/N-ethyl adjacent to an activating group) is 1. The third-order valence-electron chi connectivity index (χ3n) is 3.20. The van der Waals surface area contributed by atoms with Gasteiger partial charge in [0.05, 0.1) is 17.8 Å². The summed E-state index contributed by atoms with van der Waals surface area (Å²) in [6, 6.07) is 3.80. The minimum atomic E-state index is -4.38. The van der Waals surface area contributed by atoms with Crippen LogP contribution in [0.3, 0.4) is 0 Å². The summed E-state index contributed by atoms with van der Waals surface area (Å²) in [5.41, 5.74) is -0.597. The summed E-state index contributed by atoms with van der Waals surface area (Å²) >= 11 is 0. The van der Waals surface area contributed by atoms with Crippen molar-refractivity contribution in [2.24, 2.45) is 0 Å². The van der Waals surface area contributed by atoms with Crippen molar-refractivity contribution in [3.8, 4) is 0 Å². The van der Waals surface area contributed by atoms with Crippen LogP contribution >= 0.6 is 0 Å². The molecule has 1 unspecified atom stereocenters. The zero-order chi connectivity index (χ0) is 17.8. The summed E-state index contributed by atoms with van der Waals surface area (Å²) in [5, 5.41) is 9.30. The second-order valence-electron chi connectivity index (χ2n) is 6.39. The molecule has 0 spiro atoms. The quantitative estimate of drug-likeness (QED) is 0.867. The standard InChI is InChI=1S/C16H22F3NO3/c1-15(2,3)23-10-13(14(21)22)20(4)9-11-5-7-12(8-6-11)16(17,18)19/h5-8,13H,9-10H2,1-4H3,(H,21,22). The van der Waals surface area contributed by atoms with Gasteiger partial charge in [0, 0.05) is 6.54 Å². The molecule has 1 N–H and O–H groups in total. The van der Waals surface area contributed by atoms with E-state index in [0.29, 0.717) is 5.56 Å². The van der Waals surface area contributed by atoms with Gasteiger partial charge in [-0.1, -0.05) is 12.1 Å². The highest BCUT2D eigenvalue weighted by molar-refractivity contribution is 5.73. The fraction of sp³-hybridized carbons (Fsp3) is 0.562. The van der Waals surface area contributed by atoms with E-state index in [-0.39, 0.29) is 13.2 Å². The minimum Gasteiger partial charge on any atom is -0.480 e. The van der Waals surface area contributed by atoms with Crippen LogP contribution in [0, 0.1) is 0 Å². The molecule has 0 fully saturated rings. The van der Waals surface area contributed by atoms with Crippen LogP contribution in [0.4, 0.5) is 13.2 Å². The van der Waals surface area contributed by atoms with Crippen LogP contribution in [0.1, 0.15) is 31.9 Å². The molecular weight excluding hydrogens is 311 g/mol. The van der Waals surface area contributed by atoms with Crippen molar-refractivity contribution < 1.29 is 27.8 Å². The average Bonchev–Trinajstić information content (AvgIpc) is 2.36. The number of halogens is 3. The number of rotatable bonds is 6. The Labute approximate surface area is 133 Å². The Hall–Kier alpha value is -1.60. The predicted molar refractivity (Wildman–Crippen MR) is 80.0 cm³/mol. The number of alkyl halides is 3. The van der Waals surface area contributed by atoms with Crippen molar-refractivity contribution in [2.45, 2.75) is 45.1 Å². The first-order chi connectivity index (χ1) is 10.4. The molecule has 1 atom stereocenters. The molecule has 0 aliphatic heterocycles. The van der Waals surface area contributed by atoms with E-state index in [9.17, 15) is 23.1 Å². The average molecular weight is 333 g/mol. The van der Waals surface area contributed by atoms with Gasteiger partial charge < -0.3 is 9.84 Å². The number of hydrogen-bond donors (Lipinski definition) is 1. The van der Waals surface area contributed by atoms with Crippen LogP contribution < -0.4 is 0 Å². The number of carboxylic acid groups (broad SMARTS) is 1. The lowest BCUT2D eigenvalue weighted by Crippen LogP contribution is -2.43. The Morgan fingerprint density at radius 2 is 1.74 bits per heavy atom. The Kier molecular flexibility index (Phi) is 6.18. The molecule has 4 nitrogen and oxygen atoms in total. The van der Waals surface area contributed by atoms with Gasteiger partial charge in [-0.3, -0.25) is 9.69 Å². The Morgan fingerprint density at radius 1 is 1.22 bits per heavy atom. The second kappa shape index (κ2) is 7.31. The van der Waals surface area contributed by atoms with Gasteiger partial charge >= 0.3 is 12.1 Å². The molecule has 0 radical (unpaired) electrons. The maximum atomic E-state index is 12.5. The van der Waals surface area contributed by atoms with Crippen molar-refractivity contribution in [1.29, 1.82) is 0 Å². The Bertz CT molecular complexity index is 521. The van der Waals surface area contributed by atoms with Crippen molar-refractivity contribution in [2.75, 3.05) is 13.7 Å². The monoisotopic (exact) mass is 333 g/mol. The van der Waals surface area contributed by atoms with E-state index in [1.54, 1.807) is 7.05 Å². The molecule has 0 aliphatic carbocycles. The van der Waals surface area contributed by atoms with Gasteiger partial charge in [0.2, 0.25) is 0 Å². The largest absolute Gasteiger partial charge is 0.480 e. The van der Waals surface area contributed by atoms with Gasteiger partial charge in [0.15, 0.2) is 0 Å². The highest BCUT2D eigenvalue weighted by Gasteiger charge is 2.30. The molecule has 0 saturated carbocycles. The van der Waals surface area contributed by atoms with Crippen molar-refractivity contribution >= 4 is 5.97 Å². The van der Waals surface area contributed by atoms with Crippen LogP contribution in [0.15, 0.2) is 24.3 Å². The second-order valence-corrected chi connectivity index (χ2v) is 6.39. The predicted octanol–water partition coefficient (Wildman–Crippen LogP) is 3.41. The van der Waals surface area contributed by atoms with Crippen molar-refractivity contribution in [3.63, 3.8) is 0 Å². The summed E-state index contributed by atoms with van der Waals surface area (Å²) in [5.74, 6) is -1.04. The lowest BCUT2D eigenvalue weighted by molar-refractivity contribution is -0.147. The van der Waals surface area contributed by atoms with Crippen LogP contribution in [-0.4, -0.2) is 41.3 Å². The van der Waals surface area contributed by atoms with Gasteiger partial charge in [-0.2, -0.15) is 13.2 Å².